The SMILES string of the molecule is CCC(=O)c1c(-c2ccc(F)cc2)oc2cc(N(CC(=O)CCC(=O)NCc3cccc(C(O)=CC(=O)C(=O)O)c3)S(C)(=O)=O)c(C3CC3)cc12. The maximum atomic E-state index is 13.7. The number of amides is 1. The van der Waals surface area contributed by atoms with Crippen LogP contribution in [-0.2, 0) is 35.7 Å². The number of nitrogens with zero attached hydrogens (tertiary/aromatic N) is 1. The molecule has 1 aliphatic rings. The number of aliphatic hydroxyl groups excluding tert-OH is 1. The van der Waals surface area contributed by atoms with Crippen LogP contribution < -0.4 is 9.62 Å². The molecule has 0 radical (unpaired) electrons. The van der Waals surface area contributed by atoms with E-state index in [2.05, 4.69) is 5.32 Å². The molecule has 3 aromatic carbocycles. The molecule has 0 aliphatic heterocycles. The summed E-state index contributed by atoms with van der Waals surface area (Å²) >= 11 is 0. The van der Waals surface area contributed by atoms with Gasteiger partial charge >= 0.3 is 5.97 Å². The smallest absolute Gasteiger partial charge is 0.376 e. The minimum Gasteiger partial charge on any atom is -0.507 e. The van der Waals surface area contributed by atoms with Crippen LogP contribution >= 0.6 is 0 Å². The van der Waals surface area contributed by atoms with Crippen molar-refractivity contribution >= 4 is 61.7 Å². The topological polar surface area (TPSA) is 188 Å². The molecule has 1 aliphatic carbocycles. The number of furan rings is 1. The fourth-order valence-corrected chi connectivity index (χ4v) is 6.51. The first kappa shape index (κ1) is 36.6. The first-order valence-corrected chi connectivity index (χ1v) is 17.9. The van der Waals surface area contributed by atoms with Gasteiger partial charge in [0.05, 0.1) is 24.1 Å². The Morgan fingerprint density at radius 3 is 2.33 bits per heavy atom. The number of carboxylic acid groups (broad SMARTS) is 1. The summed E-state index contributed by atoms with van der Waals surface area (Å²) in [5.41, 5.74) is 2.58. The predicted octanol–water partition coefficient (Wildman–Crippen LogP) is 5.69. The zero-order chi connectivity index (χ0) is 37.0. The van der Waals surface area contributed by atoms with Crippen molar-refractivity contribution in [2.45, 2.75) is 51.5 Å². The number of carbonyl (C=O) groups excluding carboxylic acids is 4. The number of Topliss-reactive ketones (excluding diaryl/α,β-unsaturated/α-hetero) is 2. The Kier molecular flexibility index (Phi) is 10.8. The number of ketones is 3. The van der Waals surface area contributed by atoms with Crippen LogP contribution in [-0.4, -0.2) is 60.7 Å². The summed E-state index contributed by atoms with van der Waals surface area (Å²) in [7, 11) is -4.02. The fraction of sp³-hybridized carbons (Fsp3) is 0.270. The molecule has 0 spiro atoms. The van der Waals surface area contributed by atoms with Crippen molar-refractivity contribution in [2.24, 2.45) is 0 Å². The molecule has 1 aromatic heterocycles. The van der Waals surface area contributed by atoms with E-state index in [1.165, 1.54) is 48.5 Å². The number of carbonyl (C=O) groups is 5. The third-order valence-corrected chi connectivity index (χ3v) is 9.50. The van der Waals surface area contributed by atoms with Crippen molar-refractivity contribution in [3.8, 4) is 11.3 Å². The van der Waals surface area contributed by atoms with Gasteiger partial charge in [0.2, 0.25) is 15.9 Å². The zero-order valence-corrected chi connectivity index (χ0v) is 28.6. The molecule has 0 unspecified atom stereocenters. The summed E-state index contributed by atoms with van der Waals surface area (Å²) < 4.78 is 47.1. The van der Waals surface area contributed by atoms with Crippen molar-refractivity contribution in [2.75, 3.05) is 17.1 Å². The van der Waals surface area contributed by atoms with Gasteiger partial charge in [-0.3, -0.25) is 23.5 Å². The Hall–Kier alpha value is -5.63. The maximum absolute atomic E-state index is 13.7. The number of aliphatic carboxylic acids is 1. The van der Waals surface area contributed by atoms with Gasteiger partial charge in [-0.25, -0.2) is 17.6 Å². The first-order valence-electron chi connectivity index (χ1n) is 16.1. The van der Waals surface area contributed by atoms with E-state index in [-0.39, 0.29) is 60.1 Å². The summed E-state index contributed by atoms with van der Waals surface area (Å²) in [4.78, 5) is 61.1. The van der Waals surface area contributed by atoms with Crippen LogP contribution in [0, 0.1) is 5.82 Å². The molecular weight excluding hydrogens is 683 g/mol. The van der Waals surface area contributed by atoms with Gasteiger partial charge in [0.25, 0.3) is 5.78 Å². The van der Waals surface area contributed by atoms with E-state index in [0.717, 1.165) is 23.4 Å². The second-order valence-corrected chi connectivity index (χ2v) is 14.2. The van der Waals surface area contributed by atoms with E-state index in [9.17, 15) is 41.9 Å². The molecule has 14 heteroatoms. The van der Waals surface area contributed by atoms with Gasteiger partial charge in [0.1, 0.15) is 22.9 Å². The Balaban J connectivity index is 1.33. The van der Waals surface area contributed by atoms with E-state index in [1.807, 2.05) is 0 Å². The normalized spacial score (nSPS) is 13.2. The van der Waals surface area contributed by atoms with Crippen LogP contribution in [0.3, 0.4) is 0 Å². The molecule has 4 aromatic rings. The van der Waals surface area contributed by atoms with Crippen LogP contribution in [0.1, 0.15) is 72.0 Å². The van der Waals surface area contributed by atoms with Crippen LogP contribution in [0.2, 0.25) is 0 Å². The number of hydrogen-bond donors (Lipinski definition) is 3. The van der Waals surface area contributed by atoms with Crippen molar-refractivity contribution in [1.29, 1.82) is 0 Å². The molecule has 5 rings (SSSR count). The molecule has 0 bridgehead atoms. The molecule has 1 fully saturated rings. The standard InChI is InChI=1S/C37H35FN2O10S/c1-3-30(42)35-28-16-27(22-7-8-22)29(17-33(28)50-36(35)23-9-11-25(38)12-10-23)40(51(2,48)49)20-26(41)13-14-34(45)39-19-21-5-4-6-24(15-21)31(43)18-32(44)37(46)47/h4-6,9-12,15-18,22,43H,3,7-8,13-14,19-20H2,1-2H3,(H,39,45)(H,46,47). The highest BCUT2D eigenvalue weighted by atomic mass is 32.2. The van der Waals surface area contributed by atoms with E-state index in [4.69, 9.17) is 9.52 Å². The summed E-state index contributed by atoms with van der Waals surface area (Å²) in [6.07, 6.45) is 2.76. The molecule has 3 N–H and O–H groups in total. The summed E-state index contributed by atoms with van der Waals surface area (Å²) in [5, 5.41) is 21.9. The molecule has 1 heterocycles. The molecule has 0 saturated heterocycles. The second kappa shape index (κ2) is 15.1. The quantitative estimate of drug-likeness (QED) is 0.0562. The molecular formula is C37H35FN2O10S. The molecule has 1 amide bonds. The second-order valence-electron chi connectivity index (χ2n) is 12.3. The minimum absolute atomic E-state index is 0.00292. The Labute approximate surface area is 292 Å². The largest absolute Gasteiger partial charge is 0.507 e. The number of rotatable bonds is 16. The van der Waals surface area contributed by atoms with Gasteiger partial charge in [0, 0.05) is 54.5 Å². The van der Waals surface area contributed by atoms with Gasteiger partial charge in [-0.15, -0.1) is 0 Å². The van der Waals surface area contributed by atoms with Crippen LogP contribution in [0.4, 0.5) is 10.1 Å². The molecule has 0 atom stereocenters. The number of benzene rings is 3. The number of hydrogen-bond acceptors (Lipinski definition) is 9. The predicted molar refractivity (Wildman–Crippen MR) is 186 cm³/mol. The molecule has 12 nitrogen and oxygen atoms in total. The number of nitrogens with one attached hydrogen (secondary N) is 1. The van der Waals surface area contributed by atoms with Crippen molar-refractivity contribution in [3.63, 3.8) is 0 Å². The van der Waals surface area contributed by atoms with Crippen LogP contribution in [0.15, 0.2) is 71.2 Å². The first-order chi connectivity index (χ1) is 24.2. The van der Waals surface area contributed by atoms with E-state index in [1.54, 1.807) is 19.1 Å². The number of fused-ring (bicyclic) bond motifs is 1. The van der Waals surface area contributed by atoms with Crippen molar-refractivity contribution < 1.29 is 51.4 Å². The third kappa shape index (κ3) is 8.76. The van der Waals surface area contributed by atoms with Crippen LogP contribution in [0.5, 0.6) is 0 Å². The number of aliphatic hydroxyl groups is 1. The Bertz CT molecular complexity index is 2180. The molecule has 266 valence electrons. The van der Waals surface area contributed by atoms with E-state index < -0.39 is 51.6 Å². The number of anilines is 1. The Morgan fingerprint density at radius 1 is 1.00 bits per heavy atom. The average Bonchev–Trinajstić information content (AvgIpc) is 3.88. The highest BCUT2D eigenvalue weighted by molar-refractivity contribution is 7.92. The average molecular weight is 719 g/mol. The molecule has 1 saturated carbocycles. The van der Waals surface area contributed by atoms with Gasteiger partial charge < -0.3 is 19.9 Å². The number of sulfonamides is 1. The monoisotopic (exact) mass is 718 g/mol. The zero-order valence-electron chi connectivity index (χ0n) is 27.8. The maximum Gasteiger partial charge on any atom is 0.376 e. The lowest BCUT2D eigenvalue weighted by atomic mass is 9.97. The van der Waals surface area contributed by atoms with E-state index in [0.29, 0.717) is 33.7 Å². The fourth-order valence-electron chi connectivity index (χ4n) is 5.62. The van der Waals surface area contributed by atoms with Crippen molar-refractivity contribution in [3.05, 3.63) is 94.8 Å². The highest BCUT2D eigenvalue weighted by Crippen LogP contribution is 2.48. The van der Waals surface area contributed by atoms with Crippen LogP contribution in [0.25, 0.3) is 28.1 Å². The Morgan fingerprint density at radius 2 is 1.71 bits per heavy atom. The van der Waals surface area contributed by atoms with Crippen molar-refractivity contribution in [1.82, 2.24) is 5.32 Å². The highest BCUT2D eigenvalue weighted by Gasteiger charge is 2.34. The lowest BCUT2D eigenvalue weighted by Crippen LogP contribution is -2.36. The van der Waals surface area contributed by atoms with E-state index >= 15 is 0 Å². The summed E-state index contributed by atoms with van der Waals surface area (Å²) in [6, 6.07) is 14.8. The molecule has 51 heavy (non-hydrogen) atoms. The van der Waals surface area contributed by atoms with Gasteiger partial charge in [0.15, 0.2) is 11.6 Å². The lowest BCUT2D eigenvalue weighted by molar-refractivity contribution is -0.146. The number of halogens is 1. The van der Waals surface area contributed by atoms with Gasteiger partial charge in [-0.2, -0.15) is 0 Å². The van der Waals surface area contributed by atoms with Gasteiger partial charge in [-0.1, -0.05) is 25.1 Å². The summed E-state index contributed by atoms with van der Waals surface area (Å²) in [6.45, 7) is 1.15. The summed E-state index contributed by atoms with van der Waals surface area (Å²) in [5.74, 6) is -5.04. The number of carboxylic acids is 1. The minimum atomic E-state index is -4.02. The lowest BCUT2D eigenvalue weighted by Gasteiger charge is -2.24. The van der Waals surface area contributed by atoms with Gasteiger partial charge in [-0.05, 0) is 66.3 Å². The third-order valence-electron chi connectivity index (χ3n) is 8.37.